The Kier molecular flexibility index (Phi) is 2.79. The van der Waals surface area contributed by atoms with E-state index >= 15 is 0 Å². The quantitative estimate of drug-likeness (QED) is 0.748. The normalized spacial score (nSPS) is 37.0. The minimum absolute atomic E-state index is 0.219. The van der Waals surface area contributed by atoms with Crippen molar-refractivity contribution in [3.8, 4) is 0 Å². The van der Waals surface area contributed by atoms with Crippen LogP contribution in [0.4, 0.5) is 0 Å². The average molecular weight is 198 g/mol. The van der Waals surface area contributed by atoms with Crippen molar-refractivity contribution >= 4 is 0 Å². The van der Waals surface area contributed by atoms with E-state index in [4.69, 9.17) is 9.47 Å². The molecule has 0 amide bonds. The van der Waals surface area contributed by atoms with Crippen molar-refractivity contribution in [2.45, 2.75) is 44.3 Å². The zero-order chi connectivity index (χ0) is 10.0. The first-order valence-corrected chi connectivity index (χ1v) is 5.42. The fraction of sp³-hybridized carbons (Fsp3) is 0.818. The van der Waals surface area contributed by atoms with Crippen LogP contribution in [0.1, 0.15) is 32.6 Å². The summed E-state index contributed by atoms with van der Waals surface area (Å²) in [7, 11) is 0. The molecule has 0 aromatic rings. The fourth-order valence-corrected chi connectivity index (χ4v) is 2.13. The van der Waals surface area contributed by atoms with Crippen LogP contribution in [0.15, 0.2) is 11.8 Å². The van der Waals surface area contributed by atoms with E-state index in [2.05, 4.69) is 0 Å². The fourth-order valence-electron chi connectivity index (χ4n) is 2.13. The highest BCUT2D eigenvalue weighted by Crippen LogP contribution is 2.41. The third-order valence-electron chi connectivity index (χ3n) is 2.93. The number of rotatable bonds is 3. The standard InChI is InChI=1S/C11H18O3/c1-2-13-9-7-11(12,8-9)10-5-3-4-6-14-10/h5,9,12H,2-4,6-8H2,1H3. The lowest BCUT2D eigenvalue weighted by Gasteiger charge is -2.44. The van der Waals surface area contributed by atoms with Gasteiger partial charge in [-0.25, -0.2) is 0 Å². The molecule has 1 fully saturated rings. The summed E-state index contributed by atoms with van der Waals surface area (Å²) in [5.41, 5.74) is -0.722. The Morgan fingerprint density at radius 2 is 2.43 bits per heavy atom. The van der Waals surface area contributed by atoms with Gasteiger partial charge < -0.3 is 14.6 Å². The smallest absolute Gasteiger partial charge is 0.126 e. The third-order valence-corrected chi connectivity index (χ3v) is 2.93. The lowest BCUT2D eigenvalue weighted by atomic mass is 9.75. The first-order chi connectivity index (χ1) is 6.74. The van der Waals surface area contributed by atoms with E-state index in [1.165, 1.54) is 0 Å². The number of allylic oxidation sites excluding steroid dienone is 1. The molecule has 1 aliphatic heterocycles. The molecule has 14 heavy (non-hydrogen) atoms. The molecular weight excluding hydrogens is 180 g/mol. The zero-order valence-electron chi connectivity index (χ0n) is 8.66. The van der Waals surface area contributed by atoms with Crippen LogP contribution in [-0.2, 0) is 9.47 Å². The largest absolute Gasteiger partial charge is 0.495 e. The summed E-state index contributed by atoms with van der Waals surface area (Å²) >= 11 is 0. The summed E-state index contributed by atoms with van der Waals surface area (Å²) in [5.74, 6) is 0.778. The van der Waals surface area contributed by atoms with Gasteiger partial charge in [-0.3, -0.25) is 0 Å². The highest BCUT2D eigenvalue weighted by Gasteiger charge is 2.47. The maximum absolute atomic E-state index is 10.2. The van der Waals surface area contributed by atoms with Crippen LogP contribution in [0, 0.1) is 0 Å². The Morgan fingerprint density at radius 3 is 3.00 bits per heavy atom. The number of ether oxygens (including phenoxy) is 2. The number of hydrogen-bond acceptors (Lipinski definition) is 3. The van der Waals surface area contributed by atoms with Crippen LogP contribution in [0.25, 0.3) is 0 Å². The Bertz CT molecular complexity index is 229. The molecule has 0 radical (unpaired) electrons. The minimum Gasteiger partial charge on any atom is -0.495 e. The van der Waals surface area contributed by atoms with Gasteiger partial charge in [0, 0.05) is 19.4 Å². The molecule has 0 saturated heterocycles. The third kappa shape index (κ3) is 1.79. The molecule has 0 aromatic heterocycles. The molecule has 0 unspecified atom stereocenters. The van der Waals surface area contributed by atoms with E-state index in [0.29, 0.717) is 12.8 Å². The Hall–Kier alpha value is -0.540. The molecule has 1 heterocycles. The molecule has 3 nitrogen and oxygen atoms in total. The molecule has 0 spiro atoms. The van der Waals surface area contributed by atoms with Gasteiger partial charge in [0.05, 0.1) is 12.7 Å². The lowest BCUT2D eigenvalue weighted by Crippen LogP contribution is -2.50. The Labute approximate surface area is 84.7 Å². The van der Waals surface area contributed by atoms with Gasteiger partial charge in [-0.15, -0.1) is 0 Å². The Balaban J connectivity index is 1.89. The molecule has 1 N–H and O–H groups in total. The predicted octanol–water partition coefficient (Wildman–Crippen LogP) is 1.61. The van der Waals surface area contributed by atoms with E-state index in [1.807, 2.05) is 13.0 Å². The van der Waals surface area contributed by atoms with Gasteiger partial charge in [-0.2, -0.15) is 0 Å². The van der Waals surface area contributed by atoms with Crippen molar-refractivity contribution in [1.82, 2.24) is 0 Å². The maximum Gasteiger partial charge on any atom is 0.126 e. The molecular formula is C11H18O3. The van der Waals surface area contributed by atoms with E-state index in [1.54, 1.807) is 0 Å². The van der Waals surface area contributed by atoms with Gasteiger partial charge in [0.1, 0.15) is 11.4 Å². The molecule has 0 aromatic carbocycles. The van der Waals surface area contributed by atoms with Gasteiger partial charge in [-0.05, 0) is 25.8 Å². The average Bonchev–Trinajstić information content (AvgIpc) is 2.17. The summed E-state index contributed by atoms with van der Waals surface area (Å²) < 4.78 is 10.9. The summed E-state index contributed by atoms with van der Waals surface area (Å²) in [6.07, 6.45) is 5.70. The first kappa shape index (κ1) is 9.99. The monoisotopic (exact) mass is 198 g/mol. The van der Waals surface area contributed by atoms with Crippen LogP contribution in [0.5, 0.6) is 0 Å². The van der Waals surface area contributed by atoms with Crippen LogP contribution >= 0.6 is 0 Å². The number of hydrogen-bond donors (Lipinski definition) is 1. The first-order valence-electron chi connectivity index (χ1n) is 5.42. The SMILES string of the molecule is CCOC1CC(O)(C2=CCCCO2)C1. The van der Waals surface area contributed by atoms with E-state index < -0.39 is 5.60 Å². The van der Waals surface area contributed by atoms with Crippen LogP contribution < -0.4 is 0 Å². The molecule has 3 heteroatoms. The van der Waals surface area contributed by atoms with Gasteiger partial charge in [0.25, 0.3) is 0 Å². The molecule has 1 saturated carbocycles. The van der Waals surface area contributed by atoms with Crippen molar-refractivity contribution in [3.63, 3.8) is 0 Å². The Morgan fingerprint density at radius 1 is 1.64 bits per heavy atom. The van der Waals surface area contributed by atoms with Crippen molar-refractivity contribution in [2.24, 2.45) is 0 Å². The van der Waals surface area contributed by atoms with Gasteiger partial charge in [-0.1, -0.05) is 0 Å². The van der Waals surface area contributed by atoms with Gasteiger partial charge in [0.15, 0.2) is 0 Å². The second kappa shape index (κ2) is 3.91. The second-order valence-corrected chi connectivity index (χ2v) is 4.08. The van der Waals surface area contributed by atoms with E-state index in [0.717, 1.165) is 31.8 Å². The van der Waals surface area contributed by atoms with Crippen LogP contribution in [0.3, 0.4) is 0 Å². The van der Waals surface area contributed by atoms with Crippen molar-refractivity contribution < 1.29 is 14.6 Å². The molecule has 0 atom stereocenters. The molecule has 1 aliphatic carbocycles. The second-order valence-electron chi connectivity index (χ2n) is 4.08. The topological polar surface area (TPSA) is 38.7 Å². The van der Waals surface area contributed by atoms with Crippen molar-refractivity contribution in [1.29, 1.82) is 0 Å². The van der Waals surface area contributed by atoms with Crippen LogP contribution in [-0.4, -0.2) is 30.0 Å². The molecule has 2 rings (SSSR count). The van der Waals surface area contributed by atoms with Crippen molar-refractivity contribution in [3.05, 3.63) is 11.8 Å². The summed E-state index contributed by atoms with van der Waals surface area (Å²) in [6, 6.07) is 0. The molecule has 0 bridgehead atoms. The van der Waals surface area contributed by atoms with Crippen LogP contribution in [0.2, 0.25) is 0 Å². The number of aliphatic hydroxyl groups is 1. The highest BCUT2D eigenvalue weighted by molar-refractivity contribution is 5.18. The predicted molar refractivity (Wildman–Crippen MR) is 52.9 cm³/mol. The summed E-state index contributed by atoms with van der Waals surface area (Å²) in [5, 5.41) is 10.2. The summed E-state index contributed by atoms with van der Waals surface area (Å²) in [6.45, 7) is 3.45. The lowest BCUT2D eigenvalue weighted by molar-refractivity contribution is -0.139. The maximum atomic E-state index is 10.2. The van der Waals surface area contributed by atoms with Gasteiger partial charge in [0.2, 0.25) is 0 Å². The molecule has 2 aliphatic rings. The van der Waals surface area contributed by atoms with Gasteiger partial charge >= 0.3 is 0 Å². The highest BCUT2D eigenvalue weighted by atomic mass is 16.5. The summed E-state index contributed by atoms with van der Waals surface area (Å²) in [4.78, 5) is 0. The van der Waals surface area contributed by atoms with E-state index in [-0.39, 0.29) is 6.10 Å². The van der Waals surface area contributed by atoms with Crippen molar-refractivity contribution in [2.75, 3.05) is 13.2 Å². The zero-order valence-corrected chi connectivity index (χ0v) is 8.66. The minimum atomic E-state index is -0.722. The van der Waals surface area contributed by atoms with E-state index in [9.17, 15) is 5.11 Å². The molecule has 80 valence electrons.